The van der Waals surface area contributed by atoms with Crippen LogP contribution in [0.15, 0.2) is 18.7 Å². The van der Waals surface area contributed by atoms with Crippen LogP contribution >= 0.6 is 0 Å². The Morgan fingerprint density at radius 3 is 2.41 bits per heavy atom. The zero-order chi connectivity index (χ0) is 12.8. The predicted octanol–water partition coefficient (Wildman–Crippen LogP) is 3.58. The molecule has 1 aliphatic rings. The van der Waals surface area contributed by atoms with Gasteiger partial charge in [-0.15, -0.1) is 0 Å². The van der Waals surface area contributed by atoms with Crippen LogP contribution in [0.25, 0.3) is 5.70 Å². The molecule has 1 nitrogen and oxygen atoms in total. The Hall–Kier alpha value is -1.45. The minimum absolute atomic E-state index is 0.158. The topological polar surface area (TPSA) is 26.0 Å². The molecule has 0 bridgehead atoms. The van der Waals surface area contributed by atoms with Gasteiger partial charge in [0.15, 0.2) is 0 Å². The molecule has 2 N–H and O–H groups in total. The number of alkyl halides is 2. The SMILES string of the molecule is C=C(N)c1c(C)cc(C2CC(F)(F)C2)cc1F. The summed E-state index contributed by atoms with van der Waals surface area (Å²) in [5.74, 6) is -3.33. The summed E-state index contributed by atoms with van der Waals surface area (Å²) in [7, 11) is 0. The lowest BCUT2D eigenvalue weighted by Crippen LogP contribution is -2.33. The van der Waals surface area contributed by atoms with E-state index >= 15 is 0 Å². The molecular formula is C13H14F3N. The van der Waals surface area contributed by atoms with Crippen LogP contribution in [0.5, 0.6) is 0 Å². The zero-order valence-corrected chi connectivity index (χ0v) is 9.56. The van der Waals surface area contributed by atoms with Crippen LogP contribution in [0.3, 0.4) is 0 Å². The molecular weight excluding hydrogens is 227 g/mol. The van der Waals surface area contributed by atoms with Gasteiger partial charge in [-0.05, 0) is 30.0 Å². The van der Waals surface area contributed by atoms with Gasteiger partial charge in [0.05, 0.1) is 0 Å². The van der Waals surface area contributed by atoms with E-state index in [-0.39, 0.29) is 30.0 Å². The highest BCUT2D eigenvalue weighted by molar-refractivity contribution is 5.64. The van der Waals surface area contributed by atoms with Gasteiger partial charge in [0, 0.05) is 24.1 Å². The third-order valence-electron chi connectivity index (χ3n) is 3.19. The van der Waals surface area contributed by atoms with Crippen molar-refractivity contribution in [2.45, 2.75) is 31.6 Å². The third kappa shape index (κ3) is 2.16. The van der Waals surface area contributed by atoms with Crippen molar-refractivity contribution in [2.24, 2.45) is 5.73 Å². The highest BCUT2D eigenvalue weighted by Crippen LogP contribution is 2.48. The number of hydrogen-bond acceptors (Lipinski definition) is 1. The van der Waals surface area contributed by atoms with E-state index < -0.39 is 11.7 Å². The minimum atomic E-state index is -2.59. The summed E-state index contributed by atoms with van der Waals surface area (Å²) in [6.45, 7) is 5.20. The monoisotopic (exact) mass is 241 g/mol. The van der Waals surface area contributed by atoms with E-state index in [4.69, 9.17) is 5.73 Å². The Bertz CT molecular complexity index is 449. The van der Waals surface area contributed by atoms with Crippen LogP contribution in [0.2, 0.25) is 0 Å². The van der Waals surface area contributed by atoms with Gasteiger partial charge in [-0.25, -0.2) is 13.2 Å². The zero-order valence-electron chi connectivity index (χ0n) is 9.56. The van der Waals surface area contributed by atoms with Gasteiger partial charge in [0.2, 0.25) is 5.92 Å². The van der Waals surface area contributed by atoms with Crippen LogP contribution in [0.4, 0.5) is 13.2 Å². The molecule has 0 spiro atoms. The maximum absolute atomic E-state index is 13.7. The van der Waals surface area contributed by atoms with Crippen LogP contribution in [0.1, 0.15) is 35.4 Å². The van der Waals surface area contributed by atoms with Crippen LogP contribution in [-0.4, -0.2) is 5.92 Å². The van der Waals surface area contributed by atoms with Crippen molar-refractivity contribution in [1.29, 1.82) is 0 Å². The molecule has 0 aromatic heterocycles. The van der Waals surface area contributed by atoms with Crippen molar-refractivity contribution in [1.82, 2.24) is 0 Å². The molecule has 0 saturated heterocycles. The summed E-state index contributed by atoms with van der Waals surface area (Å²) >= 11 is 0. The number of rotatable bonds is 2. The Morgan fingerprint density at radius 1 is 1.41 bits per heavy atom. The first kappa shape index (κ1) is 12.0. The maximum Gasteiger partial charge on any atom is 0.249 e. The maximum atomic E-state index is 13.7. The van der Waals surface area contributed by atoms with Crippen molar-refractivity contribution < 1.29 is 13.2 Å². The number of halogens is 3. The van der Waals surface area contributed by atoms with E-state index in [0.29, 0.717) is 11.1 Å². The van der Waals surface area contributed by atoms with E-state index in [1.54, 1.807) is 13.0 Å². The molecule has 4 heteroatoms. The van der Waals surface area contributed by atoms with Crippen LogP contribution in [-0.2, 0) is 0 Å². The molecule has 17 heavy (non-hydrogen) atoms. The van der Waals surface area contributed by atoms with E-state index in [1.807, 2.05) is 0 Å². The molecule has 0 aliphatic heterocycles. The second kappa shape index (κ2) is 3.79. The lowest BCUT2D eigenvalue weighted by atomic mass is 9.76. The average molecular weight is 241 g/mol. The average Bonchev–Trinajstić information content (AvgIpc) is 2.11. The molecule has 1 fully saturated rings. The molecule has 0 atom stereocenters. The Kier molecular flexibility index (Phi) is 2.68. The van der Waals surface area contributed by atoms with Gasteiger partial charge in [-0.3, -0.25) is 0 Å². The Labute approximate surface area is 98.1 Å². The molecule has 2 rings (SSSR count). The summed E-state index contributed by atoms with van der Waals surface area (Å²) in [6.07, 6.45) is -0.399. The van der Waals surface area contributed by atoms with Crippen molar-refractivity contribution in [2.75, 3.05) is 0 Å². The molecule has 0 radical (unpaired) electrons. The van der Waals surface area contributed by atoms with Crippen molar-refractivity contribution in [3.05, 3.63) is 41.2 Å². The first-order chi connectivity index (χ1) is 7.80. The first-order valence-electron chi connectivity index (χ1n) is 5.43. The third-order valence-corrected chi connectivity index (χ3v) is 3.19. The van der Waals surface area contributed by atoms with Gasteiger partial charge in [0.25, 0.3) is 0 Å². The van der Waals surface area contributed by atoms with Crippen molar-refractivity contribution in [3.63, 3.8) is 0 Å². The van der Waals surface area contributed by atoms with Gasteiger partial charge >= 0.3 is 0 Å². The fourth-order valence-electron chi connectivity index (χ4n) is 2.31. The second-order valence-electron chi connectivity index (χ2n) is 4.68. The summed E-state index contributed by atoms with van der Waals surface area (Å²) in [6, 6.07) is 3.01. The van der Waals surface area contributed by atoms with Gasteiger partial charge in [-0.2, -0.15) is 0 Å². The normalized spacial score (nSPS) is 18.8. The lowest BCUT2D eigenvalue weighted by Gasteiger charge is -2.35. The standard InChI is InChI=1S/C13H14F3N/c1-7-3-9(10-5-13(15,16)6-10)4-11(14)12(7)8(2)17/h3-4,10H,2,5-6,17H2,1H3. The van der Waals surface area contributed by atoms with E-state index in [9.17, 15) is 13.2 Å². The Balaban J connectivity index is 2.31. The van der Waals surface area contributed by atoms with Crippen molar-refractivity contribution in [3.8, 4) is 0 Å². The van der Waals surface area contributed by atoms with E-state index in [0.717, 1.165) is 0 Å². The van der Waals surface area contributed by atoms with Gasteiger partial charge in [-0.1, -0.05) is 12.6 Å². The Morgan fingerprint density at radius 2 is 2.00 bits per heavy atom. The molecule has 0 heterocycles. The van der Waals surface area contributed by atoms with Crippen LogP contribution in [0, 0.1) is 12.7 Å². The minimum Gasteiger partial charge on any atom is -0.399 e. The number of benzene rings is 1. The lowest BCUT2D eigenvalue weighted by molar-refractivity contribution is -0.0868. The van der Waals surface area contributed by atoms with Crippen LogP contribution < -0.4 is 5.73 Å². The molecule has 1 aliphatic carbocycles. The first-order valence-corrected chi connectivity index (χ1v) is 5.43. The highest BCUT2D eigenvalue weighted by atomic mass is 19.3. The predicted molar refractivity (Wildman–Crippen MR) is 61.3 cm³/mol. The van der Waals surface area contributed by atoms with Gasteiger partial charge in [0.1, 0.15) is 5.82 Å². The molecule has 92 valence electrons. The molecule has 0 amide bonds. The number of nitrogens with two attached hydrogens (primary N) is 1. The number of hydrogen-bond donors (Lipinski definition) is 1. The highest BCUT2D eigenvalue weighted by Gasteiger charge is 2.46. The summed E-state index contributed by atoms with van der Waals surface area (Å²) in [5.41, 5.74) is 7.17. The molecule has 1 aromatic rings. The fraction of sp³-hybridized carbons (Fsp3) is 0.385. The molecule has 1 saturated carbocycles. The quantitative estimate of drug-likeness (QED) is 0.841. The van der Waals surface area contributed by atoms with E-state index in [2.05, 4.69) is 6.58 Å². The fourth-order valence-corrected chi connectivity index (χ4v) is 2.31. The largest absolute Gasteiger partial charge is 0.399 e. The summed E-state index contributed by atoms with van der Waals surface area (Å²) in [4.78, 5) is 0. The van der Waals surface area contributed by atoms with E-state index in [1.165, 1.54) is 6.07 Å². The summed E-state index contributed by atoms with van der Waals surface area (Å²) < 4.78 is 39.3. The second-order valence-corrected chi connectivity index (χ2v) is 4.68. The molecule has 1 aromatic carbocycles. The van der Waals surface area contributed by atoms with Crippen molar-refractivity contribution >= 4 is 5.70 Å². The summed E-state index contributed by atoms with van der Waals surface area (Å²) in [5, 5.41) is 0. The van der Waals surface area contributed by atoms with Gasteiger partial charge < -0.3 is 5.73 Å². The molecule has 0 unspecified atom stereocenters. The number of aryl methyl sites for hydroxylation is 1. The smallest absolute Gasteiger partial charge is 0.249 e.